The molecule has 2 aliphatic rings. The largest absolute Gasteiger partial charge is 0.454 e. The fraction of sp³-hybridized carbons (Fsp3) is 0.375. The summed E-state index contributed by atoms with van der Waals surface area (Å²) in [5.41, 5.74) is 3.85. The monoisotopic (exact) mass is 270 g/mol. The predicted octanol–water partition coefficient (Wildman–Crippen LogP) is 2.95. The molecule has 4 nitrogen and oxygen atoms in total. The maximum atomic E-state index is 5.54. The first-order chi connectivity index (χ1) is 9.83. The van der Waals surface area contributed by atoms with Crippen LogP contribution in [0.4, 0.5) is 0 Å². The maximum absolute atomic E-state index is 5.54. The Hall–Kier alpha value is -1.94. The number of benzene rings is 1. The molecule has 0 radical (unpaired) electrons. The van der Waals surface area contributed by atoms with Crippen molar-refractivity contribution in [2.75, 3.05) is 19.9 Å². The molecular formula is C16H18N2O2. The summed E-state index contributed by atoms with van der Waals surface area (Å²) in [5, 5.41) is 0. The van der Waals surface area contributed by atoms with Crippen LogP contribution in [0.5, 0.6) is 11.5 Å². The number of rotatable bonds is 3. The van der Waals surface area contributed by atoms with Crippen LogP contribution in [0, 0.1) is 0 Å². The zero-order valence-electron chi connectivity index (χ0n) is 11.8. The number of hydrogen-bond acceptors (Lipinski definition) is 3. The fourth-order valence-electron chi connectivity index (χ4n) is 3.34. The van der Waals surface area contributed by atoms with E-state index in [1.807, 2.05) is 0 Å². The van der Waals surface area contributed by atoms with E-state index < -0.39 is 0 Å². The first kappa shape index (κ1) is 11.9. The molecule has 0 saturated carbocycles. The van der Waals surface area contributed by atoms with Gasteiger partial charge in [-0.3, -0.25) is 4.90 Å². The van der Waals surface area contributed by atoms with Crippen LogP contribution in [-0.4, -0.2) is 29.3 Å². The van der Waals surface area contributed by atoms with Gasteiger partial charge in [0.25, 0.3) is 0 Å². The summed E-state index contributed by atoms with van der Waals surface area (Å²) < 4.78 is 13.3. The molecule has 20 heavy (non-hydrogen) atoms. The number of nitrogens with zero attached hydrogens (tertiary/aromatic N) is 2. The van der Waals surface area contributed by atoms with Gasteiger partial charge < -0.3 is 14.0 Å². The van der Waals surface area contributed by atoms with E-state index in [0.717, 1.165) is 24.6 Å². The molecular weight excluding hydrogens is 252 g/mol. The molecule has 2 aromatic rings. The molecule has 1 unspecified atom stereocenters. The van der Waals surface area contributed by atoms with Gasteiger partial charge in [-0.1, -0.05) is 13.8 Å². The molecule has 0 spiro atoms. The molecule has 1 aromatic carbocycles. The van der Waals surface area contributed by atoms with Crippen molar-refractivity contribution in [2.24, 2.45) is 0 Å². The Morgan fingerprint density at radius 3 is 2.70 bits per heavy atom. The van der Waals surface area contributed by atoms with E-state index in [0.29, 0.717) is 12.8 Å². The van der Waals surface area contributed by atoms with Crippen LogP contribution in [0.1, 0.15) is 31.1 Å². The molecule has 0 fully saturated rings. The van der Waals surface area contributed by atoms with E-state index in [2.05, 4.69) is 53.8 Å². The quantitative estimate of drug-likeness (QED) is 0.858. The minimum absolute atomic E-state index is 0.310. The van der Waals surface area contributed by atoms with Crippen molar-refractivity contribution in [3.05, 3.63) is 41.7 Å². The van der Waals surface area contributed by atoms with Crippen LogP contribution in [-0.2, 0) is 0 Å². The fourth-order valence-corrected chi connectivity index (χ4v) is 3.34. The predicted molar refractivity (Wildman–Crippen MR) is 76.7 cm³/mol. The summed E-state index contributed by atoms with van der Waals surface area (Å²) in [4.78, 5) is 2.47. The normalized spacial score (nSPS) is 18.4. The smallest absolute Gasteiger partial charge is 0.231 e. The highest BCUT2D eigenvalue weighted by molar-refractivity contribution is 5.61. The van der Waals surface area contributed by atoms with Crippen molar-refractivity contribution in [1.82, 2.24) is 9.47 Å². The van der Waals surface area contributed by atoms with Gasteiger partial charge in [-0.05, 0) is 31.3 Å². The molecule has 4 rings (SSSR count). The molecule has 1 aromatic heterocycles. The Labute approximate surface area is 118 Å². The second-order valence-electron chi connectivity index (χ2n) is 5.19. The van der Waals surface area contributed by atoms with E-state index in [4.69, 9.17) is 9.47 Å². The third-order valence-electron chi connectivity index (χ3n) is 4.31. The summed E-state index contributed by atoms with van der Waals surface area (Å²) in [6.07, 6.45) is 2.12. The van der Waals surface area contributed by atoms with Gasteiger partial charge in [-0.25, -0.2) is 0 Å². The lowest BCUT2D eigenvalue weighted by atomic mass is 10.0. The van der Waals surface area contributed by atoms with Crippen LogP contribution in [0.15, 0.2) is 30.5 Å². The first-order valence-electron chi connectivity index (χ1n) is 7.18. The SMILES string of the molecule is CCN(CC)C1c2cc3c(cc2-n2cccc21)OCO3. The van der Waals surface area contributed by atoms with Crippen molar-refractivity contribution < 1.29 is 9.47 Å². The molecule has 0 amide bonds. The lowest BCUT2D eigenvalue weighted by Gasteiger charge is -2.26. The Morgan fingerprint density at radius 2 is 1.95 bits per heavy atom. The third kappa shape index (κ3) is 1.45. The first-order valence-corrected chi connectivity index (χ1v) is 7.18. The van der Waals surface area contributed by atoms with Gasteiger partial charge in [-0.2, -0.15) is 0 Å². The Morgan fingerprint density at radius 1 is 1.20 bits per heavy atom. The van der Waals surface area contributed by atoms with E-state index in [1.165, 1.54) is 16.9 Å². The summed E-state index contributed by atoms with van der Waals surface area (Å²) in [6.45, 7) is 6.80. The number of hydrogen-bond donors (Lipinski definition) is 0. The van der Waals surface area contributed by atoms with E-state index in [-0.39, 0.29) is 0 Å². The van der Waals surface area contributed by atoms with E-state index >= 15 is 0 Å². The van der Waals surface area contributed by atoms with Gasteiger partial charge >= 0.3 is 0 Å². The Bertz CT molecular complexity index is 658. The lowest BCUT2D eigenvalue weighted by Crippen LogP contribution is -2.28. The van der Waals surface area contributed by atoms with Gasteiger partial charge in [0.2, 0.25) is 6.79 Å². The molecule has 0 saturated heterocycles. The molecule has 3 heterocycles. The highest BCUT2D eigenvalue weighted by atomic mass is 16.7. The minimum atomic E-state index is 0.310. The molecule has 0 N–H and O–H groups in total. The summed E-state index contributed by atoms with van der Waals surface area (Å²) in [5.74, 6) is 1.72. The molecule has 2 aliphatic heterocycles. The minimum Gasteiger partial charge on any atom is -0.454 e. The maximum Gasteiger partial charge on any atom is 0.231 e. The van der Waals surface area contributed by atoms with Crippen molar-refractivity contribution in [3.63, 3.8) is 0 Å². The molecule has 0 bridgehead atoms. The Balaban J connectivity index is 1.92. The van der Waals surface area contributed by atoms with Crippen LogP contribution >= 0.6 is 0 Å². The Kier molecular flexibility index (Phi) is 2.54. The van der Waals surface area contributed by atoms with E-state index in [9.17, 15) is 0 Å². The second-order valence-corrected chi connectivity index (χ2v) is 5.19. The molecule has 0 aliphatic carbocycles. The van der Waals surface area contributed by atoms with Gasteiger partial charge in [0.15, 0.2) is 11.5 Å². The third-order valence-corrected chi connectivity index (χ3v) is 4.31. The van der Waals surface area contributed by atoms with E-state index in [1.54, 1.807) is 0 Å². The van der Waals surface area contributed by atoms with Gasteiger partial charge in [0.05, 0.1) is 11.7 Å². The topological polar surface area (TPSA) is 26.6 Å². The highest BCUT2D eigenvalue weighted by Gasteiger charge is 2.34. The number of aromatic nitrogens is 1. The standard InChI is InChI=1S/C16H18N2O2/c1-3-17(4-2)16-11-8-14-15(20-10-19-14)9-13(11)18-7-5-6-12(16)18/h5-9,16H,3-4,10H2,1-2H3. The average Bonchev–Trinajstić information content (AvgIpc) is 3.15. The lowest BCUT2D eigenvalue weighted by molar-refractivity contribution is 0.173. The van der Waals surface area contributed by atoms with Crippen molar-refractivity contribution in [3.8, 4) is 17.2 Å². The van der Waals surface area contributed by atoms with Crippen LogP contribution in [0.3, 0.4) is 0 Å². The van der Waals surface area contributed by atoms with Crippen molar-refractivity contribution >= 4 is 0 Å². The number of ether oxygens (including phenoxy) is 2. The number of fused-ring (bicyclic) bond motifs is 4. The summed E-state index contributed by atoms with van der Waals surface area (Å²) in [6, 6.07) is 8.87. The summed E-state index contributed by atoms with van der Waals surface area (Å²) >= 11 is 0. The summed E-state index contributed by atoms with van der Waals surface area (Å²) in [7, 11) is 0. The molecule has 4 heteroatoms. The zero-order valence-corrected chi connectivity index (χ0v) is 11.8. The van der Waals surface area contributed by atoms with Crippen molar-refractivity contribution in [1.29, 1.82) is 0 Å². The second kappa shape index (κ2) is 4.28. The average molecular weight is 270 g/mol. The van der Waals surface area contributed by atoms with Crippen LogP contribution in [0.25, 0.3) is 5.69 Å². The van der Waals surface area contributed by atoms with Crippen molar-refractivity contribution in [2.45, 2.75) is 19.9 Å². The van der Waals surface area contributed by atoms with Crippen LogP contribution in [0.2, 0.25) is 0 Å². The van der Waals surface area contributed by atoms with Gasteiger partial charge in [0.1, 0.15) is 0 Å². The molecule has 1 atom stereocenters. The van der Waals surface area contributed by atoms with Gasteiger partial charge in [-0.15, -0.1) is 0 Å². The zero-order chi connectivity index (χ0) is 13.7. The van der Waals surface area contributed by atoms with Crippen LogP contribution < -0.4 is 9.47 Å². The molecule has 104 valence electrons. The van der Waals surface area contributed by atoms with Gasteiger partial charge in [0, 0.05) is 23.5 Å². The highest BCUT2D eigenvalue weighted by Crippen LogP contribution is 2.46.